The van der Waals surface area contributed by atoms with Crippen LogP contribution in [0.5, 0.6) is 0 Å². The molecule has 0 aliphatic carbocycles. The number of hydrogen-bond donors (Lipinski definition) is 1. The van der Waals surface area contributed by atoms with E-state index in [1.165, 1.54) is 16.8 Å². The zero-order valence-electron chi connectivity index (χ0n) is 15.4. The molecule has 5 rings (SSSR count). The van der Waals surface area contributed by atoms with Gasteiger partial charge in [0.1, 0.15) is 12.2 Å². The van der Waals surface area contributed by atoms with Crippen LogP contribution in [0.15, 0.2) is 54.7 Å². The van der Waals surface area contributed by atoms with Crippen LogP contribution in [0.1, 0.15) is 17.0 Å². The first-order chi connectivity index (χ1) is 13.9. The zero-order valence-corrected chi connectivity index (χ0v) is 15.4. The Hall–Kier alpha value is -3.55. The fourth-order valence-corrected chi connectivity index (χ4v) is 3.59. The van der Waals surface area contributed by atoms with E-state index < -0.39 is 0 Å². The number of rotatable bonds is 6. The van der Waals surface area contributed by atoms with Crippen LogP contribution in [0.3, 0.4) is 0 Å². The number of anilines is 1. The second-order valence-corrected chi connectivity index (χ2v) is 6.87. The Balaban J connectivity index is 1.32. The lowest BCUT2D eigenvalue weighted by atomic mass is 10.1. The second-order valence-electron chi connectivity index (χ2n) is 6.87. The lowest BCUT2D eigenvalue weighted by Gasteiger charge is -2.06. The molecule has 0 bridgehead atoms. The van der Waals surface area contributed by atoms with E-state index in [1.807, 2.05) is 29.1 Å². The van der Waals surface area contributed by atoms with Crippen LogP contribution in [-0.2, 0) is 25.9 Å². The summed E-state index contributed by atoms with van der Waals surface area (Å²) in [5, 5.41) is 24.2. The molecule has 3 heterocycles. The average Bonchev–Trinajstić information content (AvgIpc) is 3.48. The van der Waals surface area contributed by atoms with Crippen molar-refractivity contribution < 1.29 is 0 Å². The third-order valence-electron chi connectivity index (χ3n) is 5.03. The summed E-state index contributed by atoms with van der Waals surface area (Å²) >= 11 is 0. The minimum Gasteiger partial charge on any atom is -0.384 e. The van der Waals surface area contributed by atoms with Gasteiger partial charge in [-0.2, -0.15) is 0 Å². The van der Waals surface area contributed by atoms with Crippen molar-refractivity contribution in [2.24, 2.45) is 0 Å². The summed E-state index contributed by atoms with van der Waals surface area (Å²) in [6, 6.07) is 16.6. The van der Waals surface area contributed by atoms with Gasteiger partial charge in [-0.1, -0.05) is 53.7 Å². The monoisotopic (exact) mass is 372 g/mol. The number of para-hydroxylation sites is 1. The van der Waals surface area contributed by atoms with E-state index in [0.29, 0.717) is 6.54 Å². The van der Waals surface area contributed by atoms with Crippen LogP contribution in [-0.4, -0.2) is 41.7 Å². The highest BCUT2D eigenvalue weighted by molar-refractivity contribution is 5.79. The smallest absolute Gasteiger partial charge is 0.172 e. The SMILES string of the molecule is c1ccc(CCn2nnnc2Cn2cc(-c3cccc4c3NCC4)nn2)cc1. The average molecular weight is 372 g/mol. The number of fused-ring (bicyclic) bond motifs is 1. The number of hydrogen-bond acceptors (Lipinski definition) is 6. The highest BCUT2D eigenvalue weighted by Gasteiger charge is 2.17. The molecule has 0 amide bonds. The largest absolute Gasteiger partial charge is 0.384 e. The Morgan fingerprint density at radius 3 is 2.82 bits per heavy atom. The minimum absolute atomic E-state index is 0.483. The molecular weight excluding hydrogens is 352 g/mol. The van der Waals surface area contributed by atoms with E-state index in [4.69, 9.17) is 0 Å². The second kappa shape index (κ2) is 7.22. The van der Waals surface area contributed by atoms with Crippen molar-refractivity contribution in [3.05, 3.63) is 71.7 Å². The summed E-state index contributed by atoms with van der Waals surface area (Å²) < 4.78 is 3.62. The van der Waals surface area contributed by atoms with Gasteiger partial charge >= 0.3 is 0 Å². The summed E-state index contributed by atoms with van der Waals surface area (Å²) in [5.74, 6) is 0.767. The van der Waals surface area contributed by atoms with E-state index in [9.17, 15) is 0 Å². The molecule has 140 valence electrons. The summed E-state index contributed by atoms with van der Waals surface area (Å²) in [7, 11) is 0. The van der Waals surface area contributed by atoms with E-state index in [2.05, 4.69) is 61.5 Å². The number of nitrogens with one attached hydrogen (secondary N) is 1. The van der Waals surface area contributed by atoms with Gasteiger partial charge in [0.25, 0.3) is 0 Å². The Morgan fingerprint density at radius 2 is 1.89 bits per heavy atom. The first-order valence-corrected chi connectivity index (χ1v) is 9.42. The van der Waals surface area contributed by atoms with Gasteiger partial charge in [-0.25, -0.2) is 9.36 Å². The molecular formula is C20H20N8. The van der Waals surface area contributed by atoms with Crippen LogP contribution >= 0.6 is 0 Å². The molecule has 2 aromatic carbocycles. The van der Waals surface area contributed by atoms with E-state index in [0.717, 1.165) is 43.0 Å². The topological polar surface area (TPSA) is 86.3 Å². The van der Waals surface area contributed by atoms with Gasteiger partial charge in [0.2, 0.25) is 0 Å². The highest BCUT2D eigenvalue weighted by Crippen LogP contribution is 2.32. The molecule has 0 unspecified atom stereocenters. The molecule has 28 heavy (non-hydrogen) atoms. The van der Waals surface area contributed by atoms with Crippen LogP contribution in [0.2, 0.25) is 0 Å². The third-order valence-corrected chi connectivity index (χ3v) is 5.03. The Kier molecular flexibility index (Phi) is 4.29. The van der Waals surface area contributed by atoms with Crippen molar-refractivity contribution >= 4 is 5.69 Å². The first kappa shape index (κ1) is 16.6. The number of tetrazole rings is 1. The van der Waals surface area contributed by atoms with Gasteiger partial charge in [0, 0.05) is 24.3 Å². The molecule has 0 fully saturated rings. The summed E-state index contributed by atoms with van der Waals surface area (Å²) in [5.41, 5.74) is 5.70. The van der Waals surface area contributed by atoms with Crippen molar-refractivity contribution in [3.63, 3.8) is 0 Å². The van der Waals surface area contributed by atoms with Gasteiger partial charge in [-0.15, -0.1) is 10.2 Å². The highest BCUT2D eigenvalue weighted by atomic mass is 15.6. The predicted octanol–water partition coefficient (Wildman–Crippen LogP) is 2.19. The summed E-state index contributed by atoms with van der Waals surface area (Å²) in [6.07, 6.45) is 3.88. The standard InChI is InChI=1S/C20H20N8/c1-2-5-15(6-3-1)10-12-28-19(23-24-26-28)14-27-13-18(22-25-27)17-8-4-7-16-9-11-21-20(16)17/h1-8,13,21H,9-12,14H2. The molecule has 0 saturated carbocycles. The lowest BCUT2D eigenvalue weighted by Crippen LogP contribution is -2.12. The van der Waals surface area contributed by atoms with E-state index in [-0.39, 0.29) is 0 Å². The molecule has 0 atom stereocenters. The summed E-state index contributed by atoms with van der Waals surface area (Å²) in [4.78, 5) is 0. The summed E-state index contributed by atoms with van der Waals surface area (Å²) in [6.45, 7) is 2.18. The Morgan fingerprint density at radius 1 is 0.964 bits per heavy atom. The minimum atomic E-state index is 0.483. The molecule has 8 heteroatoms. The fourth-order valence-electron chi connectivity index (χ4n) is 3.59. The molecule has 4 aromatic rings. The number of aromatic nitrogens is 7. The zero-order chi connectivity index (χ0) is 18.8. The van der Waals surface area contributed by atoms with Crippen LogP contribution in [0.25, 0.3) is 11.3 Å². The predicted molar refractivity (Wildman–Crippen MR) is 105 cm³/mol. The molecule has 1 N–H and O–H groups in total. The maximum Gasteiger partial charge on any atom is 0.172 e. The molecule has 0 saturated heterocycles. The maximum absolute atomic E-state index is 4.36. The normalized spacial score (nSPS) is 12.7. The van der Waals surface area contributed by atoms with Crippen molar-refractivity contribution in [2.75, 3.05) is 11.9 Å². The van der Waals surface area contributed by atoms with Crippen LogP contribution < -0.4 is 5.32 Å². The Labute approximate surface area is 162 Å². The molecule has 1 aliphatic heterocycles. The van der Waals surface area contributed by atoms with E-state index >= 15 is 0 Å². The molecule has 8 nitrogen and oxygen atoms in total. The molecule has 1 aliphatic rings. The maximum atomic E-state index is 4.36. The quantitative estimate of drug-likeness (QED) is 0.558. The Bertz CT molecular complexity index is 1080. The first-order valence-electron chi connectivity index (χ1n) is 9.42. The van der Waals surface area contributed by atoms with Crippen molar-refractivity contribution in [3.8, 4) is 11.3 Å². The molecule has 0 radical (unpaired) electrons. The van der Waals surface area contributed by atoms with Crippen molar-refractivity contribution in [2.45, 2.75) is 25.9 Å². The molecule has 2 aromatic heterocycles. The van der Waals surface area contributed by atoms with Crippen molar-refractivity contribution in [1.82, 2.24) is 35.2 Å². The van der Waals surface area contributed by atoms with Gasteiger partial charge in [0.15, 0.2) is 5.82 Å². The van der Waals surface area contributed by atoms with Gasteiger partial charge in [-0.05, 0) is 34.4 Å². The van der Waals surface area contributed by atoms with Crippen LogP contribution in [0, 0.1) is 0 Å². The third kappa shape index (κ3) is 3.24. The van der Waals surface area contributed by atoms with E-state index in [1.54, 1.807) is 4.68 Å². The van der Waals surface area contributed by atoms with Crippen molar-refractivity contribution in [1.29, 1.82) is 0 Å². The van der Waals surface area contributed by atoms with Crippen LogP contribution in [0.4, 0.5) is 5.69 Å². The fraction of sp³-hybridized carbons (Fsp3) is 0.250. The number of benzene rings is 2. The van der Waals surface area contributed by atoms with Gasteiger partial charge < -0.3 is 5.32 Å². The molecule has 0 spiro atoms. The van der Waals surface area contributed by atoms with Gasteiger partial charge in [-0.3, -0.25) is 0 Å². The lowest BCUT2D eigenvalue weighted by molar-refractivity contribution is 0.532. The van der Waals surface area contributed by atoms with Gasteiger partial charge in [0.05, 0.1) is 6.20 Å². The number of nitrogens with zero attached hydrogens (tertiary/aromatic N) is 7. The number of aryl methyl sites for hydroxylation is 2.